The second-order valence-corrected chi connectivity index (χ2v) is 6.60. The van der Waals surface area contributed by atoms with Crippen molar-refractivity contribution in [3.05, 3.63) is 29.8 Å². The van der Waals surface area contributed by atoms with Crippen LogP contribution >= 0.6 is 0 Å². The Balaban J connectivity index is 3.54. The van der Waals surface area contributed by atoms with Crippen molar-refractivity contribution in [1.82, 2.24) is 0 Å². The van der Waals surface area contributed by atoms with Crippen molar-refractivity contribution in [3.8, 4) is 6.07 Å². The minimum atomic E-state index is -3.53. The molecule has 0 aliphatic heterocycles. The molecule has 0 saturated carbocycles. The van der Waals surface area contributed by atoms with Gasteiger partial charge in [0.05, 0.1) is 23.3 Å². The lowest BCUT2D eigenvalue weighted by atomic mass is 9.84. The molecule has 0 fully saturated rings. The van der Waals surface area contributed by atoms with Gasteiger partial charge in [0.1, 0.15) is 0 Å². The lowest BCUT2D eigenvalue weighted by Crippen LogP contribution is -2.34. The summed E-state index contributed by atoms with van der Waals surface area (Å²) in [7, 11) is -3.53. The number of rotatable bonds is 5. The topological polar surface area (TPSA) is 84.2 Å². The molecule has 0 spiro atoms. The summed E-state index contributed by atoms with van der Waals surface area (Å²) in [6.07, 6.45) is 0. The second kappa shape index (κ2) is 6.06. The van der Waals surface area contributed by atoms with Crippen LogP contribution in [0.15, 0.2) is 29.2 Å². The maximum atomic E-state index is 12.1. The van der Waals surface area contributed by atoms with Crippen molar-refractivity contribution in [2.45, 2.75) is 31.1 Å². The monoisotopic (exact) mass is 295 g/mol. The van der Waals surface area contributed by atoms with Gasteiger partial charge >= 0.3 is 5.97 Å². The minimum absolute atomic E-state index is 0.000368. The van der Waals surface area contributed by atoms with Crippen LogP contribution in [0.5, 0.6) is 0 Å². The van der Waals surface area contributed by atoms with Gasteiger partial charge in [0.25, 0.3) is 0 Å². The molecule has 1 aromatic rings. The van der Waals surface area contributed by atoms with Crippen molar-refractivity contribution < 1.29 is 17.9 Å². The number of esters is 1. The van der Waals surface area contributed by atoms with E-state index in [1.807, 2.05) is 6.07 Å². The van der Waals surface area contributed by atoms with Gasteiger partial charge in [0.2, 0.25) is 0 Å². The maximum Gasteiger partial charge on any atom is 0.330 e. The van der Waals surface area contributed by atoms with Gasteiger partial charge in [-0.05, 0) is 19.9 Å². The van der Waals surface area contributed by atoms with Crippen molar-refractivity contribution in [2.24, 2.45) is 0 Å². The Labute approximate surface area is 119 Å². The van der Waals surface area contributed by atoms with Crippen LogP contribution in [0.4, 0.5) is 0 Å². The zero-order valence-corrected chi connectivity index (χ0v) is 12.5. The lowest BCUT2D eigenvalue weighted by molar-refractivity contribution is -0.147. The Morgan fingerprint density at radius 1 is 1.35 bits per heavy atom. The standard InChI is InChI=1S/C14H17NO4S/c1-4-19-13(16)14(3,10-15)11-8-6-7-9-12(11)20(17,18)5-2/h6-9H,4-5H2,1-3H3. The summed E-state index contributed by atoms with van der Waals surface area (Å²) in [5.41, 5.74) is -1.49. The van der Waals surface area contributed by atoms with Crippen LogP contribution in [0.2, 0.25) is 0 Å². The van der Waals surface area contributed by atoms with E-state index in [1.54, 1.807) is 19.1 Å². The summed E-state index contributed by atoms with van der Waals surface area (Å²) in [4.78, 5) is 12.0. The fraction of sp³-hybridized carbons (Fsp3) is 0.429. The van der Waals surface area contributed by atoms with Gasteiger partial charge in [-0.15, -0.1) is 0 Å². The summed E-state index contributed by atoms with van der Waals surface area (Å²) >= 11 is 0. The van der Waals surface area contributed by atoms with E-state index in [9.17, 15) is 18.5 Å². The van der Waals surface area contributed by atoms with E-state index in [0.29, 0.717) is 0 Å². The number of nitriles is 1. The number of carbonyl (C=O) groups is 1. The third-order valence-corrected chi connectivity index (χ3v) is 4.83. The molecule has 0 bridgehead atoms. The minimum Gasteiger partial charge on any atom is -0.465 e. The normalized spacial score (nSPS) is 14.1. The van der Waals surface area contributed by atoms with Gasteiger partial charge < -0.3 is 4.74 Å². The van der Waals surface area contributed by atoms with E-state index < -0.39 is 21.2 Å². The number of sulfone groups is 1. The van der Waals surface area contributed by atoms with Crippen LogP contribution < -0.4 is 0 Å². The molecule has 1 rings (SSSR count). The number of hydrogen-bond acceptors (Lipinski definition) is 5. The Morgan fingerprint density at radius 3 is 2.45 bits per heavy atom. The average Bonchev–Trinajstić information content (AvgIpc) is 2.46. The highest BCUT2D eigenvalue weighted by Crippen LogP contribution is 2.31. The van der Waals surface area contributed by atoms with Crippen LogP contribution in [0.25, 0.3) is 0 Å². The highest BCUT2D eigenvalue weighted by molar-refractivity contribution is 7.91. The highest BCUT2D eigenvalue weighted by Gasteiger charge is 2.40. The van der Waals surface area contributed by atoms with Crippen molar-refractivity contribution in [3.63, 3.8) is 0 Å². The molecule has 0 N–H and O–H groups in total. The molecule has 1 aromatic carbocycles. The Morgan fingerprint density at radius 2 is 1.95 bits per heavy atom. The van der Waals surface area contributed by atoms with Crippen LogP contribution in [0, 0.1) is 11.3 Å². The van der Waals surface area contributed by atoms with Crippen molar-refractivity contribution in [2.75, 3.05) is 12.4 Å². The van der Waals surface area contributed by atoms with Gasteiger partial charge in [0, 0.05) is 5.56 Å². The van der Waals surface area contributed by atoms with Crippen LogP contribution in [0.1, 0.15) is 26.3 Å². The molecule has 6 heteroatoms. The first kappa shape index (κ1) is 16.2. The molecule has 1 unspecified atom stereocenters. The Kier molecular flexibility index (Phi) is 4.90. The third kappa shape index (κ3) is 2.83. The molecule has 0 radical (unpaired) electrons. The quantitative estimate of drug-likeness (QED) is 0.774. The predicted molar refractivity (Wildman–Crippen MR) is 73.8 cm³/mol. The van der Waals surface area contributed by atoms with Gasteiger partial charge in [-0.2, -0.15) is 5.26 Å². The van der Waals surface area contributed by atoms with Crippen LogP contribution in [-0.2, 0) is 24.8 Å². The van der Waals surface area contributed by atoms with E-state index in [-0.39, 0.29) is 22.8 Å². The zero-order chi connectivity index (χ0) is 15.4. The molecule has 20 heavy (non-hydrogen) atoms. The van der Waals surface area contributed by atoms with Crippen molar-refractivity contribution >= 4 is 15.8 Å². The number of carbonyl (C=O) groups excluding carboxylic acids is 1. The molecule has 5 nitrogen and oxygen atoms in total. The molecule has 0 amide bonds. The molecule has 1 atom stereocenters. The predicted octanol–water partition coefficient (Wildman–Crippen LogP) is 1.82. The van der Waals surface area contributed by atoms with Crippen molar-refractivity contribution in [1.29, 1.82) is 5.26 Å². The van der Waals surface area contributed by atoms with E-state index in [4.69, 9.17) is 4.74 Å². The number of hydrogen-bond donors (Lipinski definition) is 0. The first-order valence-corrected chi connectivity index (χ1v) is 7.89. The third-order valence-electron chi connectivity index (χ3n) is 3.05. The molecule has 0 aliphatic rings. The largest absolute Gasteiger partial charge is 0.465 e. The SMILES string of the molecule is CCOC(=O)C(C)(C#N)c1ccccc1S(=O)(=O)CC. The molecular formula is C14H17NO4S. The summed E-state index contributed by atoms with van der Waals surface area (Å²) < 4.78 is 29.1. The Bertz CT molecular complexity index is 645. The lowest BCUT2D eigenvalue weighted by Gasteiger charge is -2.22. The molecule has 0 aromatic heterocycles. The van der Waals surface area contributed by atoms with Gasteiger partial charge in [-0.3, -0.25) is 0 Å². The first-order chi connectivity index (χ1) is 9.33. The number of ether oxygens (including phenoxy) is 1. The van der Waals surface area contributed by atoms with E-state index in [1.165, 1.54) is 26.0 Å². The fourth-order valence-electron chi connectivity index (χ4n) is 1.80. The van der Waals surface area contributed by atoms with Gasteiger partial charge in [-0.25, -0.2) is 13.2 Å². The average molecular weight is 295 g/mol. The van der Waals surface area contributed by atoms with Gasteiger partial charge in [-0.1, -0.05) is 25.1 Å². The molecule has 108 valence electrons. The summed E-state index contributed by atoms with van der Waals surface area (Å²) in [6, 6.07) is 7.92. The van der Waals surface area contributed by atoms with Gasteiger partial charge in [0.15, 0.2) is 15.3 Å². The maximum absolute atomic E-state index is 12.1. The molecule has 0 aliphatic carbocycles. The smallest absolute Gasteiger partial charge is 0.330 e. The summed E-state index contributed by atoms with van der Waals surface area (Å²) in [5.74, 6) is -0.852. The first-order valence-electron chi connectivity index (χ1n) is 6.24. The zero-order valence-electron chi connectivity index (χ0n) is 11.7. The second-order valence-electron chi connectivity index (χ2n) is 4.36. The summed E-state index contributed by atoms with van der Waals surface area (Å²) in [5, 5.41) is 9.35. The van der Waals surface area contributed by atoms with Crippen LogP contribution in [0.3, 0.4) is 0 Å². The fourth-order valence-corrected chi connectivity index (χ4v) is 3.00. The molecule has 0 heterocycles. The number of nitrogens with zero attached hydrogens (tertiary/aromatic N) is 1. The molecule has 0 saturated heterocycles. The highest BCUT2D eigenvalue weighted by atomic mass is 32.2. The number of benzene rings is 1. The van der Waals surface area contributed by atoms with E-state index in [0.717, 1.165) is 0 Å². The van der Waals surface area contributed by atoms with E-state index in [2.05, 4.69) is 0 Å². The van der Waals surface area contributed by atoms with E-state index >= 15 is 0 Å². The summed E-state index contributed by atoms with van der Waals surface area (Å²) in [6.45, 7) is 4.64. The molecular weight excluding hydrogens is 278 g/mol. The van der Waals surface area contributed by atoms with Crippen LogP contribution in [-0.4, -0.2) is 26.7 Å². The Hall–Kier alpha value is -1.87.